The highest BCUT2D eigenvalue weighted by Crippen LogP contribution is 2.21. The van der Waals surface area contributed by atoms with Crippen molar-refractivity contribution in [3.05, 3.63) is 48.2 Å². The molecule has 0 saturated carbocycles. The van der Waals surface area contributed by atoms with Gasteiger partial charge in [-0.05, 0) is 24.6 Å². The van der Waals surface area contributed by atoms with E-state index < -0.39 is 0 Å². The lowest BCUT2D eigenvalue weighted by Gasteiger charge is -2.10. The van der Waals surface area contributed by atoms with Gasteiger partial charge in [-0.2, -0.15) is 0 Å². The summed E-state index contributed by atoms with van der Waals surface area (Å²) in [4.78, 5) is 0. The molecule has 2 N–H and O–H groups in total. The van der Waals surface area contributed by atoms with Gasteiger partial charge in [0, 0.05) is 24.5 Å². The first-order chi connectivity index (χ1) is 7.33. The van der Waals surface area contributed by atoms with E-state index in [9.17, 15) is 0 Å². The monoisotopic (exact) mass is 200 g/mol. The van der Waals surface area contributed by atoms with Crippen LogP contribution < -0.4 is 5.73 Å². The van der Waals surface area contributed by atoms with Gasteiger partial charge >= 0.3 is 0 Å². The second kappa shape index (κ2) is 4.32. The third-order valence-electron chi connectivity index (χ3n) is 2.62. The van der Waals surface area contributed by atoms with Crippen molar-refractivity contribution >= 4 is 0 Å². The fraction of sp³-hybridized carbons (Fsp3) is 0.231. The number of aromatic nitrogens is 1. The lowest BCUT2D eigenvalue weighted by Crippen LogP contribution is -2.11. The summed E-state index contributed by atoms with van der Waals surface area (Å²) in [5.41, 5.74) is 9.38. The second-order valence-corrected chi connectivity index (χ2v) is 3.67. The molecule has 2 nitrogen and oxygen atoms in total. The zero-order valence-corrected chi connectivity index (χ0v) is 8.98. The molecule has 1 aromatic carbocycles. The van der Waals surface area contributed by atoms with Crippen LogP contribution in [0.4, 0.5) is 0 Å². The zero-order chi connectivity index (χ0) is 10.7. The van der Waals surface area contributed by atoms with Crippen molar-refractivity contribution in [2.75, 3.05) is 6.54 Å². The lowest BCUT2D eigenvalue weighted by molar-refractivity contribution is 0.700. The molecule has 2 rings (SSSR count). The largest absolute Gasteiger partial charge is 0.344 e. The van der Waals surface area contributed by atoms with Crippen LogP contribution in [0.5, 0.6) is 0 Å². The minimum absolute atomic E-state index is 0.676. The van der Waals surface area contributed by atoms with E-state index in [4.69, 9.17) is 5.73 Å². The predicted octanol–water partition coefficient (Wildman–Crippen LogP) is 2.42. The predicted molar refractivity (Wildman–Crippen MR) is 63.7 cm³/mol. The Kier molecular flexibility index (Phi) is 2.88. The van der Waals surface area contributed by atoms with Gasteiger partial charge in [0.1, 0.15) is 0 Å². The molecule has 0 spiro atoms. The zero-order valence-electron chi connectivity index (χ0n) is 8.98. The number of nitrogens with two attached hydrogens (primary N) is 1. The molecule has 15 heavy (non-hydrogen) atoms. The molecule has 0 atom stereocenters. The van der Waals surface area contributed by atoms with Crippen molar-refractivity contribution in [1.29, 1.82) is 0 Å². The Morgan fingerprint density at radius 3 is 2.47 bits per heavy atom. The third kappa shape index (κ3) is 1.95. The molecule has 78 valence electrons. The second-order valence-electron chi connectivity index (χ2n) is 3.67. The highest BCUT2D eigenvalue weighted by molar-refractivity contribution is 5.60. The average Bonchev–Trinajstić information content (AvgIpc) is 2.63. The minimum Gasteiger partial charge on any atom is -0.344 e. The smallest absolute Gasteiger partial charge is 0.0482 e. The van der Waals surface area contributed by atoms with Gasteiger partial charge in [-0.3, -0.25) is 0 Å². The molecule has 0 amide bonds. The van der Waals surface area contributed by atoms with Crippen molar-refractivity contribution in [3.63, 3.8) is 0 Å². The Balaban J connectivity index is 2.44. The maximum absolute atomic E-state index is 5.61. The van der Waals surface area contributed by atoms with Crippen LogP contribution in [-0.2, 0) is 6.54 Å². The van der Waals surface area contributed by atoms with Gasteiger partial charge in [0.05, 0.1) is 0 Å². The number of aryl methyl sites for hydroxylation is 1. The molecule has 1 aromatic heterocycles. The lowest BCUT2D eigenvalue weighted by atomic mass is 10.1. The molecular weight excluding hydrogens is 184 g/mol. The fourth-order valence-electron chi connectivity index (χ4n) is 1.86. The topological polar surface area (TPSA) is 30.9 Å². The van der Waals surface area contributed by atoms with Crippen molar-refractivity contribution < 1.29 is 0 Å². The van der Waals surface area contributed by atoms with Crippen LogP contribution in [0.15, 0.2) is 42.5 Å². The molecular formula is C13H16N2. The molecule has 0 aliphatic carbocycles. The van der Waals surface area contributed by atoms with Crippen molar-refractivity contribution in [2.45, 2.75) is 13.5 Å². The number of benzene rings is 1. The van der Waals surface area contributed by atoms with Gasteiger partial charge in [-0.25, -0.2) is 0 Å². The van der Waals surface area contributed by atoms with Crippen LogP contribution in [0.2, 0.25) is 0 Å². The average molecular weight is 200 g/mol. The first-order valence-corrected chi connectivity index (χ1v) is 5.24. The highest BCUT2D eigenvalue weighted by Gasteiger charge is 2.05. The van der Waals surface area contributed by atoms with Crippen LogP contribution in [0.25, 0.3) is 11.3 Å². The Bertz CT molecular complexity index is 429. The van der Waals surface area contributed by atoms with Crippen molar-refractivity contribution in [2.24, 2.45) is 5.73 Å². The number of nitrogens with zero attached hydrogens (tertiary/aromatic N) is 1. The van der Waals surface area contributed by atoms with E-state index in [1.165, 1.54) is 17.0 Å². The Hall–Kier alpha value is -1.54. The maximum atomic E-state index is 5.61. The van der Waals surface area contributed by atoms with Crippen LogP contribution in [0.3, 0.4) is 0 Å². The van der Waals surface area contributed by atoms with E-state index in [0.717, 1.165) is 6.54 Å². The summed E-state index contributed by atoms with van der Waals surface area (Å²) in [5, 5.41) is 0. The van der Waals surface area contributed by atoms with Gasteiger partial charge in [0.15, 0.2) is 0 Å². The van der Waals surface area contributed by atoms with Gasteiger partial charge in [-0.15, -0.1) is 0 Å². The number of rotatable bonds is 3. The van der Waals surface area contributed by atoms with Crippen molar-refractivity contribution in [1.82, 2.24) is 4.57 Å². The highest BCUT2D eigenvalue weighted by atomic mass is 15.0. The molecule has 0 saturated heterocycles. The fourth-order valence-corrected chi connectivity index (χ4v) is 1.86. The SMILES string of the molecule is Cc1ccc(-c2ccccc2)n1CCN. The minimum atomic E-state index is 0.676. The summed E-state index contributed by atoms with van der Waals surface area (Å²) >= 11 is 0. The first-order valence-electron chi connectivity index (χ1n) is 5.24. The van der Waals surface area contributed by atoms with Crippen LogP contribution in [0.1, 0.15) is 5.69 Å². The Morgan fingerprint density at radius 2 is 1.80 bits per heavy atom. The molecule has 0 unspecified atom stereocenters. The van der Waals surface area contributed by atoms with E-state index in [1.54, 1.807) is 0 Å². The van der Waals surface area contributed by atoms with E-state index >= 15 is 0 Å². The summed E-state index contributed by atoms with van der Waals surface area (Å²) < 4.78 is 2.26. The van der Waals surface area contributed by atoms with Crippen molar-refractivity contribution in [3.8, 4) is 11.3 Å². The third-order valence-corrected chi connectivity index (χ3v) is 2.62. The van der Waals surface area contributed by atoms with Gasteiger partial charge in [0.25, 0.3) is 0 Å². The Labute approximate surface area is 90.3 Å². The van der Waals surface area contributed by atoms with E-state index in [1.807, 2.05) is 6.07 Å². The number of hydrogen-bond acceptors (Lipinski definition) is 1. The van der Waals surface area contributed by atoms with E-state index in [-0.39, 0.29) is 0 Å². The molecule has 2 aromatic rings. The number of hydrogen-bond donors (Lipinski definition) is 1. The molecule has 0 fully saturated rings. The van der Waals surface area contributed by atoms with E-state index in [2.05, 4.69) is 47.9 Å². The van der Waals surface area contributed by atoms with Crippen LogP contribution in [0, 0.1) is 6.92 Å². The molecule has 0 aliphatic heterocycles. The standard InChI is InChI=1S/C13H16N2/c1-11-7-8-13(15(11)10-9-14)12-5-3-2-4-6-12/h2-8H,9-10,14H2,1H3. The van der Waals surface area contributed by atoms with Gasteiger partial charge in [0.2, 0.25) is 0 Å². The van der Waals surface area contributed by atoms with E-state index in [0.29, 0.717) is 6.54 Å². The summed E-state index contributed by atoms with van der Waals surface area (Å²) in [6.45, 7) is 3.67. The molecule has 2 heteroatoms. The molecule has 0 radical (unpaired) electrons. The van der Waals surface area contributed by atoms with Crippen LogP contribution in [-0.4, -0.2) is 11.1 Å². The summed E-state index contributed by atoms with van der Waals surface area (Å²) in [6.07, 6.45) is 0. The summed E-state index contributed by atoms with van der Waals surface area (Å²) in [5.74, 6) is 0. The molecule has 1 heterocycles. The summed E-state index contributed by atoms with van der Waals surface area (Å²) in [6, 6.07) is 14.7. The van der Waals surface area contributed by atoms with Crippen LogP contribution >= 0.6 is 0 Å². The molecule has 0 bridgehead atoms. The Morgan fingerprint density at radius 1 is 1.07 bits per heavy atom. The van der Waals surface area contributed by atoms with Gasteiger partial charge < -0.3 is 10.3 Å². The molecule has 0 aliphatic rings. The summed E-state index contributed by atoms with van der Waals surface area (Å²) in [7, 11) is 0. The maximum Gasteiger partial charge on any atom is 0.0482 e. The first kappa shape index (κ1) is 9.99. The normalized spacial score (nSPS) is 10.5. The van der Waals surface area contributed by atoms with Gasteiger partial charge in [-0.1, -0.05) is 30.3 Å². The quantitative estimate of drug-likeness (QED) is 0.810.